The lowest BCUT2D eigenvalue weighted by Crippen LogP contribution is -2.21. The zero-order valence-corrected chi connectivity index (χ0v) is 14.1. The van der Waals surface area contributed by atoms with Gasteiger partial charge < -0.3 is 10.1 Å². The Labute approximate surface area is 141 Å². The van der Waals surface area contributed by atoms with Gasteiger partial charge in [0.25, 0.3) is 5.91 Å². The van der Waals surface area contributed by atoms with Crippen molar-refractivity contribution >= 4 is 45.1 Å². The maximum atomic E-state index is 11.8. The van der Waals surface area contributed by atoms with E-state index in [-0.39, 0.29) is 6.61 Å². The van der Waals surface area contributed by atoms with Gasteiger partial charge in [-0.3, -0.25) is 4.79 Å². The third-order valence-corrected chi connectivity index (χ3v) is 3.59. The van der Waals surface area contributed by atoms with Gasteiger partial charge in [-0.15, -0.1) is 0 Å². The van der Waals surface area contributed by atoms with E-state index in [0.717, 1.165) is 10.0 Å². The first kappa shape index (κ1) is 16.5. The van der Waals surface area contributed by atoms with Crippen molar-refractivity contribution < 1.29 is 14.3 Å². The monoisotopic (exact) mass is 381 g/mol. The number of aryl methyl sites for hydroxylation is 1. The van der Waals surface area contributed by atoms with Gasteiger partial charge in [-0.25, -0.2) is 4.79 Å². The Hall–Kier alpha value is -1.85. The molecular formula is C16H13BrClNO3. The van der Waals surface area contributed by atoms with E-state index in [1.807, 2.05) is 6.92 Å². The van der Waals surface area contributed by atoms with Crippen LogP contribution in [0.1, 0.15) is 15.9 Å². The van der Waals surface area contributed by atoms with Crippen molar-refractivity contribution in [3.8, 4) is 0 Å². The van der Waals surface area contributed by atoms with E-state index in [0.29, 0.717) is 16.3 Å². The number of nitrogens with one attached hydrogen (secondary N) is 1. The molecule has 0 aliphatic rings. The fourth-order valence-corrected chi connectivity index (χ4v) is 2.41. The topological polar surface area (TPSA) is 55.4 Å². The average molecular weight is 383 g/mol. The number of halogens is 2. The molecule has 4 nitrogen and oxygen atoms in total. The summed E-state index contributed by atoms with van der Waals surface area (Å²) in [5, 5.41) is 3.27. The van der Waals surface area contributed by atoms with Crippen LogP contribution < -0.4 is 5.32 Å². The van der Waals surface area contributed by atoms with Crippen LogP contribution in [0.4, 0.5) is 5.69 Å². The van der Waals surface area contributed by atoms with Gasteiger partial charge in [-0.05, 0) is 48.9 Å². The average Bonchev–Trinajstić information content (AvgIpc) is 2.47. The normalized spacial score (nSPS) is 10.1. The first-order chi connectivity index (χ1) is 10.5. The van der Waals surface area contributed by atoms with Gasteiger partial charge >= 0.3 is 5.97 Å². The molecule has 0 unspecified atom stereocenters. The number of amides is 1. The minimum Gasteiger partial charge on any atom is -0.452 e. The number of carbonyl (C=O) groups is 2. The van der Waals surface area contributed by atoms with E-state index in [4.69, 9.17) is 16.3 Å². The maximum Gasteiger partial charge on any atom is 0.338 e. The Kier molecular flexibility index (Phi) is 5.57. The number of benzene rings is 2. The summed E-state index contributed by atoms with van der Waals surface area (Å²) in [5.41, 5.74) is 1.84. The molecule has 0 aliphatic heterocycles. The largest absolute Gasteiger partial charge is 0.452 e. The van der Waals surface area contributed by atoms with Gasteiger partial charge in [0.15, 0.2) is 6.61 Å². The van der Waals surface area contributed by atoms with Crippen LogP contribution in [-0.2, 0) is 9.53 Å². The smallest absolute Gasteiger partial charge is 0.338 e. The molecular weight excluding hydrogens is 370 g/mol. The van der Waals surface area contributed by atoms with Gasteiger partial charge in [-0.2, -0.15) is 0 Å². The summed E-state index contributed by atoms with van der Waals surface area (Å²) in [6.45, 7) is 1.47. The van der Waals surface area contributed by atoms with Crippen LogP contribution in [0.3, 0.4) is 0 Å². The minimum atomic E-state index is -0.552. The highest BCUT2D eigenvalue weighted by atomic mass is 79.9. The van der Waals surface area contributed by atoms with Crippen molar-refractivity contribution in [1.29, 1.82) is 0 Å². The van der Waals surface area contributed by atoms with Crippen molar-refractivity contribution in [1.82, 2.24) is 0 Å². The van der Waals surface area contributed by atoms with Crippen LogP contribution in [0, 0.1) is 6.92 Å². The summed E-state index contributed by atoms with van der Waals surface area (Å²) in [7, 11) is 0. The SMILES string of the molecule is Cc1cc(Cl)ccc1NC(=O)COC(=O)c1cccc(Br)c1. The van der Waals surface area contributed by atoms with Crippen molar-refractivity contribution in [3.05, 3.63) is 63.1 Å². The second-order valence-electron chi connectivity index (χ2n) is 4.59. The van der Waals surface area contributed by atoms with E-state index in [2.05, 4.69) is 21.2 Å². The number of anilines is 1. The highest BCUT2D eigenvalue weighted by molar-refractivity contribution is 9.10. The molecule has 2 aromatic rings. The van der Waals surface area contributed by atoms with E-state index >= 15 is 0 Å². The first-order valence-electron chi connectivity index (χ1n) is 6.44. The number of hydrogen-bond acceptors (Lipinski definition) is 3. The predicted octanol–water partition coefficient (Wildman–Crippen LogP) is 4.21. The molecule has 1 amide bonds. The van der Waals surface area contributed by atoms with E-state index in [1.165, 1.54) is 0 Å². The number of ether oxygens (including phenoxy) is 1. The first-order valence-corrected chi connectivity index (χ1v) is 7.61. The highest BCUT2D eigenvalue weighted by Gasteiger charge is 2.11. The zero-order valence-electron chi connectivity index (χ0n) is 11.7. The second kappa shape index (κ2) is 7.42. The third-order valence-electron chi connectivity index (χ3n) is 2.86. The lowest BCUT2D eigenvalue weighted by atomic mass is 10.2. The molecule has 0 atom stereocenters. The second-order valence-corrected chi connectivity index (χ2v) is 5.95. The molecule has 0 heterocycles. The molecule has 0 radical (unpaired) electrons. The van der Waals surface area contributed by atoms with Crippen LogP contribution >= 0.6 is 27.5 Å². The van der Waals surface area contributed by atoms with Gasteiger partial charge in [0.05, 0.1) is 5.56 Å². The van der Waals surface area contributed by atoms with E-state index in [1.54, 1.807) is 42.5 Å². The van der Waals surface area contributed by atoms with Crippen molar-refractivity contribution in [2.45, 2.75) is 6.92 Å². The predicted molar refractivity (Wildman–Crippen MR) is 89.2 cm³/mol. The molecule has 0 bridgehead atoms. The molecule has 114 valence electrons. The quantitative estimate of drug-likeness (QED) is 0.806. The van der Waals surface area contributed by atoms with E-state index < -0.39 is 11.9 Å². The Balaban J connectivity index is 1.91. The summed E-state index contributed by atoms with van der Waals surface area (Å²) in [6.07, 6.45) is 0. The Morgan fingerprint density at radius 2 is 2.00 bits per heavy atom. The Morgan fingerprint density at radius 1 is 1.23 bits per heavy atom. The Bertz CT molecular complexity index is 718. The van der Waals surface area contributed by atoms with Crippen molar-refractivity contribution in [2.24, 2.45) is 0 Å². The summed E-state index contributed by atoms with van der Waals surface area (Å²) in [5.74, 6) is -0.960. The van der Waals surface area contributed by atoms with Crippen molar-refractivity contribution in [3.63, 3.8) is 0 Å². The van der Waals surface area contributed by atoms with Gasteiger partial charge in [0.2, 0.25) is 0 Å². The molecule has 2 rings (SSSR count). The summed E-state index contributed by atoms with van der Waals surface area (Å²) >= 11 is 9.12. The Morgan fingerprint density at radius 3 is 2.68 bits per heavy atom. The molecule has 1 N–H and O–H groups in total. The van der Waals surface area contributed by atoms with E-state index in [9.17, 15) is 9.59 Å². The third kappa shape index (κ3) is 4.58. The van der Waals surface area contributed by atoms with Crippen molar-refractivity contribution in [2.75, 3.05) is 11.9 Å². The molecule has 22 heavy (non-hydrogen) atoms. The molecule has 0 saturated carbocycles. The van der Waals surface area contributed by atoms with Crippen LogP contribution in [0.25, 0.3) is 0 Å². The minimum absolute atomic E-state index is 0.354. The van der Waals surface area contributed by atoms with Crippen LogP contribution in [0.15, 0.2) is 46.9 Å². The number of carbonyl (C=O) groups excluding carboxylic acids is 2. The fraction of sp³-hybridized carbons (Fsp3) is 0.125. The van der Waals surface area contributed by atoms with Gasteiger partial charge in [-0.1, -0.05) is 33.6 Å². The lowest BCUT2D eigenvalue weighted by molar-refractivity contribution is -0.119. The van der Waals surface area contributed by atoms with Crippen LogP contribution in [-0.4, -0.2) is 18.5 Å². The highest BCUT2D eigenvalue weighted by Crippen LogP contribution is 2.19. The molecule has 2 aromatic carbocycles. The molecule has 0 fully saturated rings. The fourth-order valence-electron chi connectivity index (χ4n) is 1.78. The van der Waals surface area contributed by atoms with Crippen LogP contribution in [0.5, 0.6) is 0 Å². The molecule has 0 spiro atoms. The van der Waals surface area contributed by atoms with Gasteiger partial charge in [0.1, 0.15) is 0 Å². The lowest BCUT2D eigenvalue weighted by Gasteiger charge is -2.09. The molecule has 0 saturated heterocycles. The van der Waals surface area contributed by atoms with Crippen LogP contribution in [0.2, 0.25) is 5.02 Å². The summed E-state index contributed by atoms with van der Waals surface area (Å²) in [4.78, 5) is 23.6. The molecule has 0 aliphatic carbocycles. The standard InChI is InChI=1S/C16H13BrClNO3/c1-10-7-13(18)5-6-14(10)19-15(20)9-22-16(21)11-3-2-4-12(17)8-11/h2-8H,9H2,1H3,(H,19,20). The summed E-state index contributed by atoms with van der Waals surface area (Å²) in [6, 6.07) is 11.9. The number of esters is 1. The summed E-state index contributed by atoms with van der Waals surface area (Å²) < 4.78 is 5.75. The number of hydrogen-bond donors (Lipinski definition) is 1. The maximum absolute atomic E-state index is 11.8. The zero-order chi connectivity index (χ0) is 16.1. The molecule has 6 heteroatoms. The van der Waals surface area contributed by atoms with Gasteiger partial charge in [0, 0.05) is 15.2 Å². The number of rotatable bonds is 4. The molecule has 0 aromatic heterocycles.